The van der Waals surface area contributed by atoms with Gasteiger partial charge in [0.1, 0.15) is 0 Å². The fourth-order valence-electron chi connectivity index (χ4n) is 2.21. The zero-order valence-corrected chi connectivity index (χ0v) is 12.0. The predicted octanol–water partition coefficient (Wildman–Crippen LogP) is 2.93. The highest BCUT2D eigenvalue weighted by molar-refractivity contribution is 5.23. The van der Waals surface area contributed by atoms with Gasteiger partial charge in [-0.3, -0.25) is 4.90 Å². The van der Waals surface area contributed by atoms with Gasteiger partial charge in [-0.25, -0.2) is 0 Å². The molecule has 0 amide bonds. The SMILES string of the molecule is CC.CC1=CC=C(CN2CCN(C)CC2)CC1. The molecule has 0 bridgehead atoms. The Morgan fingerprint density at radius 2 is 1.65 bits per heavy atom. The van der Waals surface area contributed by atoms with Crippen molar-refractivity contribution in [3.05, 3.63) is 23.3 Å². The third-order valence-electron chi connectivity index (χ3n) is 3.47. The number of hydrogen-bond donors (Lipinski definition) is 0. The zero-order valence-electron chi connectivity index (χ0n) is 12.0. The van der Waals surface area contributed by atoms with Crippen LogP contribution in [0.1, 0.15) is 33.6 Å². The van der Waals surface area contributed by atoms with Crippen LogP contribution in [0, 0.1) is 0 Å². The van der Waals surface area contributed by atoms with Gasteiger partial charge in [0.05, 0.1) is 0 Å². The molecule has 0 unspecified atom stereocenters. The lowest BCUT2D eigenvalue weighted by Gasteiger charge is -2.33. The molecule has 2 rings (SSSR count). The van der Waals surface area contributed by atoms with Gasteiger partial charge in [-0.2, -0.15) is 0 Å². The van der Waals surface area contributed by atoms with Crippen LogP contribution in [0.2, 0.25) is 0 Å². The van der Waals surface area contributed by atoms with E-state index in [9.17, 15) is 0 Å². The first-order valence-corrected chi connectivity index (χ1v) is 7.00. The Hall–Kier alpha value is -0.600. The van der Waals surface area contributed by atoms with Gasteiger partial charge in [-0.1, -0.05) is 37.1 Å². The van der Waals surface area contributed by atoms with Crippen LogP contribution in [0.25, 0.3) is 0 Å². The van der Waals surface area contributed by atoms with Crippen LogP contribution < -0.4 is 0 Å². The highest BCUT2D eigenvalue weighted by Crippen LogP contribution is 2.18. The van der Waals surface area contributed by atoms with Gasteiger partial charge in [-0.15, -0.1) is 0 Å². The molecule has 0 saturated carbocycles. The van der Waals surface area contributed by atoms with Crippen molar-refractivity contribution in [1.82, 2.24) is 9.80 Å². The first-order chi connectivity index (χ1) is 8.24. The van der Waals surface area contributed by atoms with Gasteiger partial charge < -0.3 is 4.90 Å². The van der Waals surface area contributed by atoms with Crippen LogP contribution in [0.3, 0.4) is 0 Å². The molecule has 1 aliphatic heterocycles. The van der Waals surface area contributed by atoms with Crippen LogP contribution in [0.15, 0.2) is 23.3 Å². The van der Waals surface area contributed by atoms with Gasteiger partial charge in [0.25, 0.3) is 0 Å². The largest absolute Gasteiger partial charge is 0.304 e. The molecule has 0 aromatic carbocycles. The van der Waals surface area contributed by atoms with Gasteiger partial charge in [0.2, 0.25) is 0 Å². The highest BCUT2D eigenvalue weighted by atomic mass is 15.2. The molecular formula is C15H28N2. The fraction of sp³-hybridized carbons (Fsp3) is 0.733. The Labute approximate surface area is 107 Å². The van der Waals surface area contributed by atoms with E-state index in [1.54, 1.807) is 5.57 Å². The number of piperazine rings is 1. The van der Waals surface area contributed by atoms with Crippen molar-refractivity contribution >= 4 is 0 Å². The average Bonchev–Trinajstić information content (AvgIpc) is 2.37. The normalized spacial score (nSPS) is 22.4. The van der Waals surface area contributed by atoms with Crippen LogP contribution in [-0.2, 0) is 0 Å². The van der Waals surface area contributed by atoms with E-state index in [2.05, 4.69) is 35.9 Å². The van der Waals surface area contributed by atoms with Crippen LogP contribution in [0.4, 0.5) is 0 Å². The second-order valence-electron chi connectivity index (χ2n) is 4.92. The lowest BCUT2D eigenvalue weighted by molar-refractivity contribution is 0.163. The summed E-state index contributed by atoms with van der Waals surface area (Å²) in [6.45, 7) is 12.3. The van der Waals surface area contributed by atoms with E-state index in [0.717, 1.165) is 0 Å². The molecule has 2 nitrogen and oxygen atoms in total. The minimum absolute atomic E-state index is 1.19. The third-order valence-corrected chi connectivity index (χ3v) is 3.47. The maximum absolute atomic E-state index is 2.58. The van der Waals surface area contributed by atoms with Gasteiger partial charge in [0.15, 0.2) is 0 Å². The van der Waals surface area contributed by atoms with E-state index in [1.807, 2.05) is 13.8 Å². The Kier molecular flexibility index (Phi) is 6.53. The number of rotatable bonds is 2. The van der Waals surface area contributed by atoms with Crippen molar-refractivity contribution < 1.29 is 0 Å². The molecule has 17 heavy (non-hydrogen) atoms. The van der Waals surface area contributed by atoms with Crippen molar-refractivity contribution in [3.8, 4) is 0 Å². The van der Waals surface area contributed by atoms with Crippen molar-refractivity contribution in [3.63, 3.8) is 0 Å². The highest BCUT2D eigenvalue weighted by Gasteiger charge is 2.15. The molecule has 1 heterocycles. The smallest absolute Gasteiger partial charge is 0.0197 e. The van der Waals surface area contributed by atoms with Gasteiger partial charge in [-0.05, 0) is 26.8 Å². The summed E-state index contributed by atoms with van der Waals surface area (Å²) in [4.78, 5) is 5.00. The Balaban J connectivity index is 0.000000686. The molecule has 0 atom stereocenters. The first kappa shape index (κ1) is 14.5. The first-order valence-electron chi connectivity index (χ1n) is 7.00. The molecule has 2 aliphatic rings. The van der Waals surface area contributed by atoms with Gasteiger partial charge in [0, 0.05) is 32.7 Å². The van der Waals surface area contributed by atoms with Crippen molar-refractivity contribution in [2.45, 2.75) is 33.6 Å². The predicted molar refractivity (Wildman–Crippen MR) is 76.4 cm³/mol. The summed E-state index contributed by atoms with van der Waals surface area (Å²) < 4.78 is 0. The van der Waals surface area contributed by atoms with Crippen LogP contribution >= 0.6 is 0 Å². The monoisotopic (exact) mass is 236 g/mol. The van der Waals surface area contributed by atoms with E-state index in [1.165, 1.54) is 51.1 Å². The Morgan fingerprint density at radius 1 is 1.00 bits per heavy atom. The molecule has 2 heteroatoms. The fourth-order valence-corrected chi connectivity index (χ4v) is 2.21. The van der Waals surface area contributed by atoms with E-state index < -0.39 is 0 Å². The molecule has 1 fully saturated rings. The van der Waals surface area contributed by atoms with Crippen molar-refractivity contribution in [2.75, 3.05) is 39.8 Å². The van der Waals surface area contributed by atoms with E-state index in [4.69, 9.17) is 0 Å². The average molecular weight is 236 g/mol. The number of hydrogen-bond acceptors (Lipinski definition) is 2. The number of nitrogens with zero attached hydrogens (tertiary/aromatic N) is 2. The minimum Gasteiger partial charge on any atom is -0.304 e. The molecule has 0 aromatic rings. The summed E-state index contributed by atoms with van der Waals surface area (Å²) in [7, 11) is 2.21. The molecule has 98 valence electrons. The Bertz CT molecular complexity index is 271. The Morgan fingerprint density at radius 3 is 2.18 bits per heavy atom. The third kappa shape index (κ3) is 5.05. The molecular weight excluding hydrogens is 208 g/mol. The topological polar surface area (TPSA) is 6.48 Å². The lowest BCUT2D eigenvalue weighted by Crippen LogP contribution is -2.45. The molecule has 1 aliphatic carbocycles. The lowest BCUT2D eigenvalue weighted by atomic mass is 9.99. The zero-order chi connectivity index (χ0) is 12.7. The van der Waals surface area contributed by atoms with Crippen molar-refractivity contribution in [2.24, 2.45) is 0 Å². The minimum atomic E-state index is 1.19. The van der Waals surface area contributed by atoms with E-state index >= 15 is 0 Å². The second-order valence-corrected chi connectivity index (χ2v) is 4.92. The maximum Gasteiger partial charge on any atom is 0.0197 e. The van der Waals surface area contributed by atoms with E-state index in [0.29, 0.717) is 0 Å². The van der Waals surface area contributed by atoms with Crippen molar-refractivity contribution in [1.29, 1.82) is 0 Å². The van der Waals surface area contributed by atoms with Crippen LogP contribution in [-0.4, -0.2) is 49.6 Å². The van der Waals surface area contributed by atoms with E-state index in [-0.39, 0.29) is 0 Å². The summed E-state index contributed by atoms with van der Waals surface area (Å²) >= 11 is 0. The van der Waals surface area contributed by atoms with Crippen LogP contribution in [0.5, 0.6) is 0 Å². The number of likely N-dealkylation sites (N-methyl/N-ethyl adjacent to an activating group) is 1. The molecule has 1 saturated heterocycles. The maximum atomic E-state index is 2.58. The quantitative estimate of drug-likeness (QED) is 0.727. The standard InChI is InChI=1S/C13H22N2.C2H6/c1-12-3-5-13(6-4-12)11-15-9-7-14(2)8-10-15;1-2/h3,5H,4,6-11H2,1-2H3;1-2H3. The second kappa shape index (κ2) is 7.67. The molecule has 0 N–H and O–H groups in total. The summed E-state index contributed by atoms with van der Waals surface area (Å²) in [5.74, 6) is 0. The number of allylic oxidation sites excluding steroid dienone is 3. The summed E-state index contributed by atoms with van der Waals surface area (Å²) in [6.07, 6.45) is 7.15. The summed E-state index contributed by atoms with van der Waals surface area (Å²) in [6, 6.07) is 0. The van der Waals surface area contributed by atoms with Gasteiger partial charge >= 0.3 is 0 Å². The molecule has 0 aromatic heterocycles. The molecule has 0 radical (unpaired) electrons. The summed E-state index contributed by atoms with van der Waals surface area (Å²) in [5, 5.41) is 0. The molecule has 0 spiro atoms. The summed E-state index contributed by atoms with van der Waals surface area (Å²) in [5.41, 5.74) is 3.14.